The molecule has 0 amide bonds. The number of carbonyl (C=O) groups is 1. The third kappa shape index (κ3) is 3.32. The molecule has 0 radical (unpaired) electrons. The van der Waals surface area contributed by atoms with E-state index in [4.69, 9.17) is 16.0 Å². The molecule has 0 saturated heterocycles. The van der Waals surface area contributed by atoms with Gasteiger partial charge in [-0.15, -0.1) is 0 Å². The van der Waals surface area contributed by atoms with Crippen molar-refractivity contribution in [2.24, 2.45) is 0 Å². The zero-order valence-corrected chi connectivity index (χ0v) is 8.03. The van der Waals surface area contributed by atoms with Crippen molar-refractivity contribution in [3.63, 3.8) is 0 Å². The standard InChI is InChI=1S/C8H9ClO2S/c9-8-3-2-7(11-8)6-12-5-1-4-10/h2-4H,1,5-6H2. The summed E-state index contributed by atoms with van der Waals surface area (Å²) in [5.41, 5.74) is 0. The first-order valence-corrected chi connectivity index (χ1v) is 5.12. The number of hydrogen-bond acceptors (Lipinski definition) is 3. The summed E-state index contributed by atoms with van der Waals surface area (Å²) in [6, 6.07) is 3.56. The second kappa shape index (κ2) is 5.27. The van der Waals surface area contributed by atoms with E-state index in [2.05, 4.69) is 0 Å². The number of halogens is 1. The molecular weight excluding hydrogens is 196 g/mol. The smallest absolute Gasteiger partial charge is 0.193 e. The second-order valence-corrected chi connectivity index (χ2v) is 3.69. The Morgan fingerprint density at radius 3 is 3.00 bits per heavy atom. The molecule has 4 heteroatoms. The molecule has 0 bridgehead atoms. The Morgan fingerprint density at radius 2 is 2.42 bits per heavy atom. The monoisotopic (exact) mass is 204 g/mol. The van der Waals surface area contributed by atoms with E-state index < -0.39 is 0 Å². The van der Waals surface area contributed by atoms with Gasteiger partial charge in [-0.05, 0) is 23.7 Å². The Balaban J connectivity index is 2.19. The fourth-order valence-corrected chi connectivity index (χ4v) is 1.66. The van der Waals surface area contributed by atoms with Crippen molar-refractivity contribution in [2.45, 2.75) is 12.2 Å². The van der Waals surface area contributed by atoms with Crippen LogP contribution in [0.25, 0.3) is 0 Å². The summed E-state index contributed by atoms with van der Waals surface area (Å²) in [7, 11) is 0. The largest absolute Gasteiger partial charge is 0.449 e. The van der Waals surface area contributed by atoms with Crippen LogP contribution in [0.3, 0.4) is 0 Å². The van der Waals surface area contributed by atoms with Gasteiger partial charge in [-0.3, -0.25) is 0 Å². The fraction of sp³-hybridized carbons (Fsp3) is 0.375. The Morgan fingerprint density at radius 1 is 1.58 bits per heavy atom. The summed E-state index contributed by atoms with van der Waals surface area (Å²) < 4.78 is 5.12. The predicted octanol–water partition coefficient (Wildman–Crippen LogP) is 2.76. The topological polar surface area (TPSA) is 30.2 Å². The molecule has 1 heterocycles. The normalized spacial score (nSPS) is 10.1. The van der Waals surface area contributed by atoms with Crippen LogP contribution in [-0.2, 0) is 10.5 Å². The molecule has 0 atom stereocenters. The highest BCUT2D eigenvalue weighted by Crippen LogP contribution is 2.18. The summed E-state index contributed by atoms with van der Waals surface area (Å²) in [6.45, 7) is 0. The van der Waals surface area contributed by atoms with Gasteiger partial charge in [0.2, 0.25) is 0 Å². The van der Waals surface area contributed by atoms with Crippen LogP contribution < -0.4 is 0 Å². The third-order valence-corrected chi connectivity index (χ3v) is 2.47. The van der Waals surface area contributed by atoms with Crippen molar-refractivity contribution >= 4 is 29.6 Å². The average Bonchev–Trinajstić information content (AvgIpc) is 2.45. The molecule has 0 aliphatic heterocycles. The van der Waals surface area contributed by atoms with E-state index in [1.165, 1.54) is 0 Å². The fourth-order valence-electron chi connectivity index (χ4n) is 0.734. The number of carbonyl (C=O) groups excluding carboxylic acids is 1. The van der Waals surface area contributed by atoms with Gasteiger partial charge >= 0.3 is 0 Å². The van der Waals surface area contributed by atoms with Crippen molar-refractivity contribution in [1.29, 1.82) is 0 Å². The quantitative estimate of drug-likeness (QED) is 0.546. The maximum absolute atomic E-state index is 9.96. The zero-order chi connectivity index (χ0) is 8.81. The van der Waals surface area contributed by atoms with Crippen LogP contribution in [0.5, 0.6) is 0 Å². The molecule has 0 aliphatic carbocycles. The molecule has 0 aliphatic rings. The molecular formula is C8H9ClO2S. The average molecular weight is 205 g/mol. The third-order valence-electron chi connectivity index (χ3n) is 1.25. The first kappa shape index (κ1) is 9.68. The van der Waals surface area contributed by atoms with Gasteiger partial charge in [0.05, 0.1) is 5.75 Å². The molecule has 0 aromatic carbocycles. The SMILES string of the molecule is O=CCCSCc1ccc(Cl)o1. The van der Waals surface area contributed by atoms with Crippen LogP contribution in [0.4, 0.5) is 0 Å². The highest BCUT2D eigenvalue weighted by Gasteiger charge is 1.98. The van der Waals surface area contributed by atoms with Crippen LogP contribution in [0.1, 0.15) is 12.2 Å². The Bertz CT molecular complexity index is 247. The van der Waals surface area contributed by atoms with Gasteiger partial charge in [-0.1, -0.05) is 0 Å². The summed E-state index contributed by atoms with van der Waals surface area (Å²) in [5, 5.41) is 0.418. The Hall–Kier alpha value is -0.410. The highest BCUT2D eigenvalue weighted by molar-refractivity contribution is 7.98. The van der Waals surface area contributed by atoms with Crippen LogP contribution in [0.2, 0.25) is 5.22 Å². The number of furan rings is 1. The molecule has 0 unspecified atom stereocenters. The molecule has 1 aromatic rings. The van der Waals surface area contributed by atoms with Gasteiger partial charge in [0, 0.05) is 12.2 Å². The molecule has 1 rings (SSSR count). The zero-order valence-electron chi connectivity index (χ0n) is 6.46. The number of rotatable bonds is 5. The Kier molecular flexibility index (Phi) is 4.25. The number of hydrogen-bond donors (Lipinski definition) is 0. The van der Waals surface area contributed by atoms with Crippen molar-refractivity contribution < 1.29 is 9.21 Å². The van der Waals surface area contributed by atoms with Gasteiger partial charge in [-0.25, -0.2) is 0 Å². The summed E-state index contributed by atoms with van der Waals surface area (Å²) in [4.78, 5) is 9.96. The Labute approximate surface area is 80.3 Å². The maximum Gasteiger partial charge on any atom is 0.193 e. The molecule has 0 N–H and O–H groups in total. The molecule has 2 nitrogen and oxygen atoms in total. The van der Waals surface area contributed by atoms with E-state index >= 15 is 0 Å². The lowest BCUT2D eigenvalue weighted by atomic mass is 10.5. The van der Waals surface area contributed by atoms with Crippen molar-refractivity contribution in [3.05, 3.63) is 23.1 Å². The van der Waals surface area contributed by atoms with Crippen LogP contribution in [0, 0.1) is 0 Å². The van der Waals surface area contributed by atoms with Gasteiger partial charge in [-0.2, -0.15) is 11.8 Å². The summed E-state index contributed by atoms with van der Waals surface area (Å²) in [6.07, 6.45) is 1.52. The summed E-state index contributed by atoms with van der Waals surface area (Å²) >= 11 is 7.23. The van der Waals surface area contributed by atoms with Gasteiger partial charge in [0.1, 0.15) is 12.0 Å². The molecule has 1 aromatic heterocycles. The molecule has 0 saturated carbocycles. The minimum Gasteiger partial charge on any atom is -0.449 e. The van der Waals surface area contributed by atoms with E-state index in [1.54, 1.807) is 17.8 Å². The van der Waals surface area contributed by atoms with Crippen LogP contribution in [0.15, 0.2) is 16.5 Å². The summed E-state index contributed by atoms with van der Waals surface area (Å²) in [5.74, 6) is 2.47. The van der Waals surface area contributed by atoms with Crippen molar-refractivity contribution in [1.82, 2.24) is 0 Å². The molecule has 12 heavy (non-hydrogen) atoms. The second-order valence-electron chi connectivity index (χ2n) is 2.21. The minimum atomic E-state index is 0.418. The lowest BCUT2D eigenvalue weighted by Gasteiger charge is -1.93. The van der Waals surface area contributed by atoms with Crippen LogP contribution in [-0.4, -0.2) is 12.0 Å². The van der Waals surface area contributed by atoms with E-state index in [9.17, 15) is 4.79 Å². The lowest BCUT2D eigenvalue weighted by Crippen LogP contribution is -1.81. The molecule has 66 valence electrons. The van der Waals surface area contributed by atoms with E-state index in [0.29, 0.717) is 11.6 Å². The van der Waals surface area contributed by atoms with E-state index in [0.717, 1.165) is 23.6 Å². The van der Waals surface area contributed by atoms with Gasteiger partial charge in [0.25, 0.3) is 0 Å². The van der Waals surface area contributed by atoms with E-state index in [1.807, 2.05) is 6.07 Å². The van der Waals surface area contributed by atoms with Crippen molar-refractivity contribution in [2.75, 3.05) is 5.75 Å². The molecule has 0 fully saturated rings. The predicted molar refractivity (Wildman–Crippen MR) is 50.6 cm³/mol. The van der Waals surface area contributed by atoms with Gasteiger partial charge < -0.3 is 9.21 Å². The van der Waals surface area contributed by atoms with E-state index in [-0.39, 0.29) is 0 Å². The maximum atomic E-state index is 9.96. The molecule has 0 spiro atoms. The first-order chi connectivity index (χ1) is 5.83. The van der Waals surface area contributed by atoms with Gasteiger partial charge in [0.15, 0.2) is 5.22 Å². The minimum absolute atomic E-state index is 0.418. The van der Waals surface area contributed by atoms with Crippen molar-refractivity contribution in [3.8, 4) is 0 Å². The lowest BCUT2D eigenvalue weighted by molar-refractivity contribution is -0.107. The first-order valence-electron chi connectivity index (χ1n) is 3.58. The highest BCUT2D eigenvalue weighted by atomic mass is 35.5. The van der Waals surface area contributed by atoms with Crippen LogP contribution >= 0.6 is 23.4 Å². The number of thioether (sulfide) groups is 1. The number of aldehydes is 1.